The van der Waals surface area contributed by atoms with Gasteiger partial charge in [0.25, 0.3) is 0 Å². The molecule has 1 aromatic heterocycles. The van der Waals surface area contributed by atoms with Crippen molar-refractivity contribution < 1.29 is 0 Å². The van der Waals surface area contributed by atoms with E-state index in [1.807, 2.05) is 6.07 Å². The molecule has 98 valence electrons. The van der Waals surface area contributed by atoms with E-state index >= 15 is 0 Å². The van der Waals surface area contributed by atoms with Crippen molar-refractivity contribution in [3.63, 3.8) is 0 Å². The molecule has 0 saturated heterocycles. The van der Waals surface area contributed by atoms with Crippen molar-refractivity contribution in [3.05, 3.63) is 21.3 Å². The summed E-state index contributed by atoms with van der Waals surface area (Å²) >= 11 is 7.90. The highest BCUT2D eigenvalue weighted by Crippen LogP contribution is 2.27. The molecule has 1 unspecified atom stereocenters. The van der Waals surface area contributed by atoms with Crippen molar-refractivity contribution in [2.24, 2.45) is 5.41 Å². The van der Waals surface area contributed by atoms with Crippen molar-refractivity contribution in [2.45, 2.75) is 53.0 Å². The van der Waals surface area contributed by atoms with Crippen LogP contribution in [0.2, 0.25) is 5.02 Å². The summed E-state index contributed by atoms with van der Waals surface area (Å²) in [4.78, 5) is 1.32. The number of hydrogen-bond donors (Lipinski definition) is 1. The lowest BCUT2D eigenvalue weighted by Crippen LogP contribution is -2.41. The van der Waals surface area contributed by atoms with E-state index in [4.69, 9.17) is 11.6 Å². The Morgan fingerprint density at radius 1 is 1.41 bits per heavy atom. The van der Waals surface area contributed by atoms with Crippen LogP contribution in [0.4, 0.5) is 0 Å². The predicted octanol–water partition coefficient (Wildman–Crippen LogP) is 4.75. The summed E-state index contributed by atoms with van der Waals surface area (Å²) in [6, 6.07) is 2.55. The van der Waals surface area contributed by atoms with E-state index in [0.717, 1.165) is 24.4 Å². The first kappa shape index (κ1) is 15.0. The highest BCUT2D eigenvalue weighted by atomic mass is 35.5. The van der Waals surface area contributed by atoms with E-state index in [1.54, 1.807) is 11.3 Å². The normalized spacial score (nSPS) is 13.9. The molecule has 0 aliphatic carbocycles. The Hall–Kier alpha value is -0.0500. The molecule has 17 heavy (non-hydrogen) atoms. The molecule has 0 radical (unpaired) electrons. The zero-order valence-electron chi connectivity index (χ0n) is 11.3. The molecule has 1 atom stereocenters. The molecule has 0 fully saturated rings. The first-order valence-corrected chi connectivity index (χ1v) is 7.66. The summed E-state index contributed by atoms with van der Waals surface area (Å²) in [5.74, 6) is 0. The summed E-state index contributed by atoms with van der Waals surface area (Å²) in [5.41, 5.74) is 0.304. The minimum absolute atomic E-state index is 0.304. The number of halogens is 1. The zero-order chi connectivity index (χ0) is 12.9. The Labute approximate surface area is 115 Å². The van der Waals surface area contributed by atoms with Gasteiger partial charge in [-0.05, 0) is 42.7 Å². The summed E-state index contributed by atoms with van der Waals surface area (Å²) < 4.78 is 0. The van der Waals surface area contributed by atoms with E-state index in [1.165, 1.54) is 11.3 Å². The molecule has 0 aliphatic rings. The van der Waals surface area contributed by atoms with E-state index in [2.05, 4.69) is 38.4 Å². The lowest BCUT2D eigenvalue weighted by molar-refractivity contribution is 0.255. The van der Waals surface area contributed by atoms with E-state index in [0.29, 0.717) is 11.5 Å². The van der Waals surface area contributed by atoms with Crippen LogP contribution in [0.5, 0.6) is 0 Å². The summed E-state index contributed by atoms with van der Waals surface area (Å²) in [5, 5.41) is 6.65. The summed E-state index contributed by atoms with van der Waals surface area (Å²) in [6.45, 7) is 10.2. The fraction of sp³-hybridized carbons (Fsp3) is 0.714. The van der Waals surface area contributed by atoms with Crippen LogP contribution in [0.15, 0.2) is 11.4 Å². The van der Waals surface area contributed by atoms with Gasteiger partial charge in [0.2, 0.25) is 0 Å². The second-order valence-corrected chi connectivity index (χ2v) is 7.01. The molecule has 3 heteroatoms. The van der Waals surface area contributed by atoms with Gasteiger partial charge in [-0.1, -0.05) is 39.3 Å². The van der Waals surface area contributed by atoms with Crippen LogP contribution in [0.3, 0.4) is 0 Å². The minimum Gasteiger partial charge on any atom is -0.313 e. The zero-order valence-corrected chi connectivity index (χ0v) is 12.9. The van der Waals surface area contributed by atoms with Crippen molar-refractivity contribution >= 4 is 22.9 Å². The van der Waals surface area contributed by atoms with Gasteiger partial charge >= 0.3 is 0 Å². The first-order valence-electron chi connectivity index (χ1n) is 6.40. The molecule has 0 bridgehead atoms. The molecule has 0 spiro atoms. The average molecular weight is 274 g/mol. The van der Waals surface area contributed by atoms with Gasteiger partial charge in [-0.2, -0.15) is 0 Å². The first-order chi connectivity index (χ1) is 7.95. The molecule has 0 amide bonds. The number of thiophene rings is 1. The van der Waals surface area contributed by atoms with Gasteiger partial charge < -0.3 is 5.32 Å². The Morgan fingerprint density at radius 2 is 2.12 bits per heavy atom. The lowest BCUT2D eigenvalue weighted by Gasteiger charge is -2.31. The van der Waals surface area contributed by atoms with Gasteiger partial charge in [-0.25, -0.2) is 0 Å². The van der Waals surface area contributed by atoms with Gasteiger partial charge in [0.1, 0.15) is 0 Å². The standard InChI is InChI=1S/C14H24ClNS/c1-5-9-16-13(14(2,3)4)7-6-12-11(15)8-10-17-12/h8,10,13,16H,5-7,9H2,1-4H3. The third-order valence-electron chi connectivity index (χ3n) is 3.04. The van der Waals surface area contributed by atoms with E-state index in [-0.39, 0.29) is 0 Å². The fourth-order valence-electron chi connectivity index (χ4n) is 1.94. The number of nitrogens with one attached hydrogen (secondary N) is 1. The third kappa shape index (κ3) is 4.99. The van der Waals surface area contributed by atoms with Gasteiger partial charge in [0.15, 0.2) is 0 Å². The van der Waals surface area contributed by atoms with Crippen LogP contribution in [0, 0.1) is 5.41 Å². The largest absolute Gasteiger partial charge is 0.313 e. The minimum atomic E-state index is 0.304. The highest BCUT2D eigenvalue weighted by molar-refractivity contribution is 7.10. The molecule has 1 nitrogen and oxygen atoms in total. The molecule has 1 aromatic rings. The smallest absolute Gasteiger partial charge is 0.0544 e. The molecule has 0 saturated carbocycles. The molecule has 0 aromatic carbocycles. The van der Waals surface area contributed by atoms with Crippen molar-refractivity contribution in [1.82, 2.24) is 5.32 Å². The number of aryl methyl sites for hydroxylation is 1. The Balaban J connectivity index is 2.52. The molecule has 1 rings (SSSR count). The van der Waals surface area contributed by atoms with Crippen LogP contribution >= 0.6 is 22.9 Å². The van der Waals surface area contributed by atoms with Crippen LogP contribution in [0.25, 0.3) is 0 Å². The second kappa shape index (κ2) is 6.77. The Bertz CT molecular complexity index is 327. The van der Waals surface area contributed by atoms with Crippen molar-refractivity contribution in [3.8, 4) is 0 Å². The number of rotatable bonds is 6. The number of hydrogen-bond acceptors (Lipinski definition) is 2. The maximum absolute atomic E-state index is 6.13. The van der Waals surface area contributed by atoms with Crippen molar-refractivity contribution in [1.29, 1.82) is 0 Å². The summed E-state index contributed by atoms with van der Waals surface area (Å²) in [6.07, 6.45) is 3.42. The molecule has 1 N–H and O–H groups in total. The van der Waals surface area contributed by atoms with E-state index < -0.39 is 0 Å². The van der Waals surface area contributed by atoms with Gasteiger partial charge in [-0.15, -0.1) is 11.3 Å². The molecule has 0 aliphatic heterocycles. The molecular formula is C14H24ClNS. The monoisotopic (exact) mass is 273 g/mol. The average Bonchev–Trinajstić information content (AvgIpc) is 2.62. The predicted molar refractivity (Wildman–Crippen MR) is 79.2 cm³/mol. The lowest BCUT2D eigenvalue weighted by atomic mass is 9.84. The second-order valence-electron chi connectivity index (χ2n) is 5.60. The maximum Gasteiger partial charge on any atom is 0.0544 e. The van der Waals surface area contributed by atoms with Crippen molar-refractivity contribution in [2.75, 3.05) is 6.54 Å². The Morgan fingerprint density at radius 3 is 2.59 bits per heavy atom. The fourth-order valence-corrected chi connectivity index (χ4v) is 3.09. The molecular weight excluding hydrogens is 250 g/mol. The highest BCUT2D eigenvalue weighted by Gasteiger charge is 2.23. The Kier molecular flexibility index (Phi) is 5.98. The third-order valence-corrected chi connectivity index (χ3v) is 4.48. The van der Waals surface area contributed by atoms with Gasteiger partial charge in [-0.3, -0.25) is 0 Å². The SMILES string of the molecule is CCCNC(CCc1sccc1Cl)C(C)(C)C. The van der Waals surface area contributed by atoms with Crippen LogP contribution in [0.1, 0.15) is 45.4 Å². The van der Waals surface area contributed by atoms with Crippen LogP contribution in [-0.2, 0) is 6.42 Å². The van der Waals surface area contributed by atoms with Gasteiger partial charge in [0, 0.05) is 10.9 Å². The van der Waals surface area contributed by atoms with Gasteiger partial charge in [0.05, 0.1) is 5.02 Å². The quantitative estimate of drug-likeness (QED) is 0.789. The van der Waals surface area contributed by atoms with Crippen LogP contribution < -0.4 is 5.32 Å². The topological polar surface area (TPSA) is 12.0 Å². The maximum atomic E-state index is 6.13. The molecule has 1 heterocycles. The van der Waals surface area contributed by atoms with Crippen LogP contribution in [-0.4, -0.2) is 12.6 Å². The van der Waals surface area contributed by atoms with E-state index in [9.17, 15) is 0 Å². The summed E-state index contributed by atoms with van der Waals surface area (Å²) in [7, 11) is 0.